The van der Waals surface area contributed by atoms with Crippen molar-refractivity contribution in [3.05, 3.63) is 60.2 Å². The van der Waals surface area contributed by atoms with Gasteiger partial charge in [0, 0.05) is 5.69 Å². The van der Waals surface area contributed by atoms with E-state index < -0.39 is 0 Å². The van der Waals surface area contributed by atoms with Crippen LogP contribution in [0.1, 0.15) is 23.2 Å². The maximum Gasteiger partial charge on any atom is 0.323 e. The molecule has 0 bridgehead atoms. The maximum atomic E-state index is 12.7. The quantitative estimate of drug-likeness (QED) is 0.762. The number of likely N-dealkylation sites (tertiary alicyclic amines) is 1. The van der Waals surface area contributed by atoms with Crippen LogP contribution in [-0.4, -0.2) is 48.4 Å². The number of ether oxygens (including phenoxy) is 1. The standard InChI is InChI=1S/C22H23N3O4/c26-19(14-25-12-10-15-11-13-29-22(28)20(15)25)24-18-9-5-4-8-17(18)21(27)23-16-6-2-1-3-7-16/h1-9,15,20H,10-14H2,(H,23,27)(H,24,26)/t15-,20+/m0/s1. The number of para-hydroxylation sites is 2. The molecule has 0 spiro atoms. The zero-order valence-corrected chi connectivity index (χ0v) is 16.0. The largest absolute Gasteiger partial charge is 0.465 e. The van der Waals surface area contributed by atoms with E-state index in [0.717, 1.165) is 12.8 Å². The van der Waals surface area contributed by atoms with Crippen LogP contribution in [0.3, 0.4) is 0 Å². The van der Waals surface area contributed by atoms with Gasteiger partial charge in [-0.25, -0.2) is 0 Å². The van der Waals surface area contributed by atoms with E-state index in [0.29, 0.717) is 30.1 Å². The third kappa shape index (κ3) is 4.30. The molecular formula is C22H23N3O4. The summed E-state index contributed by atoms with van der Waals surface area (Å²) in [5, 5.41) is 5.65. The fourth-order valence-electron chi connectivity index (χ4n) is 4.03. The minimum absolute atomic E-state index is 0.0882. The Morgan fingerprint density at radius 3 is 2.59 bits per heavy atom. The Kier molecular flexibility index (Phi) is 5.57. The van der Waals surface area contributed by atoms with Crippen molar-refractivity contribution in [2.45, 2.75) is 18.9 Å². The monoisotopic (exact) mass is 393 g/mol. The third-order valence-electron chi connectivity index (χ3n) is 5.43. The number of nitrogens with zero attached hydrogens (tertiary/aromatic N) is 1. The van der Waals surface area contributed by atoms with Crippen molar-refractivity contribution in [3.63, 3.8) is 0 Å². The van der Waals surface area contributed by atoms with Crippen molar-refractivity contribution in [1.82, 2.24) is 4.90 Å². The highest BCUT2D eigenvalue weighted by Gasteiger charge is 2.43. The van der Waals surface area contributed by atoms with Crippen molar-refractivity contribution >= 4 is 29.2 Å². The maximum absolute atomic E-state index is 12.7. The van der Waals surface area contributed by atoms with Crippen LogP contribution in [0.4, 0.5) is 11.4 Å². The minimum atomic E-state index is -0.342. The Morgan fingerprint density at radius 1 is 1.00 bits per heavy atom. The molecule has 2 atom stereocenters. The van der Waals surface area contributed by atoms with Gasteiger partial charge in [0.05, 0.1) is 24.4 Å². The highest BCUT2D eigenvalue weighted by atomic mass is 16.5. The van der Waals surface area contributed by atoms with Crippen LogP contribution in [0.15, 0.2) is 54.6 Å². The molecule has 0 aromatic heterocycles. The van der Waals surface area contributed by atoms with Crippen LogP contribution in [0, 0.1) is 5.92 Å². The van der Waals surface area contributed by atoms with Gasteiger partial charge < -0.3 is 15.4 Å². The molecular weight excluding hydrogens is 370 g/mol. The second-order valence-electron chi connectivity index (χ2n) is 7.33. The van der Waals surface area contributed by atoms with E-state index in [1.165, 1.54) is 0 Å². The number of amides is 2. The summed E-state index contributed by atoms with van der Waals surface area (Å²) in [6.07, 6.45) is 1.74. The second kappa shape index (κ2) is 8.45. The molecule has 0 unspecified atom stereocenters. The number of hydrogen-bond donors (Lipinski definition) is 2. The van der Waals surface area contributed by atoms with Crippen LogP contribution in [-0.2, 0) is 14.3 Å². The molecule has 29 heavy (non-hydrogen) atoms. The third-order valence-corrected chi connectivity index (χ3v) is 5.43. The molecule has 2 aliphatic heterocycles. The number of nitrogens with one attached hydrogen (secondary N) is 2. The first-order valence-electron chi connectivity index (χ1n) is 9.78. The molecule has 0 radical (unpaired) electrons. The lowest BCUT2D eigenvalue weighted by Gasteiger charge is -2.29. The van der Waals surface area contributed by atoms with Gasteiger partial charge in [-0.3, -0.25) is 19.3 Å². The summed E-state index contributed by atoms with van der Waals surface area (Å²) in [4.78, 5) is 39.3. The predicted molar refractivity (Wildman–Crippen MR) is 109 cm³/mol. The lowest BCUT2D eigenvalue weighted by Crippen LogP contribution is -2.46. The summed E-state index contributed by atoms with van der Waals surface area (Å²) in [5.74, 6) is -0.546. The molecule has 2 aromatic rings. The Labute approximate surface area is 169 Å². The van der Waals surface area contributed by atoms with Gasteiger partial charge in [-0.15, -0.1) is 0 Å². The smallest absolute Gasteiger partial charge is 0.323 e. The average molecular weight is 393 g/mol. The number of carbonyl (C=O) groups excluding carboxylic acids is 3. The van der Waals surface area contributed by atoms with Crippen molar-refractivity contribution in [2.75, 3.05) is 30.3 Å². The topological polar surface area (TPSA) is 87.7 Å². The summed E-state index contributed by atoms with van der Waals surface area (Å²) >= 11 is 0. The first-order chi connectivity index (χ1) is 14.1. The minimum Gasteiger partial charge on any atom is -0.465 e. The molecule has 2 saturated heterocycles. The van der Waals surface area contributed by atoms with E-state index in [9.17, 15) is 14.4 Å². The number of fused-ring (bicyclic) bond motifs is 1. The molecule has 0 saturated carbocycles. The van der Waals surface area contributed by atoms with Gasteiger partial charge in [-0.2, -0.15) is 0 Å². The predicted octanol–water partition coefficient (Wildman–Crippen LogP) is 2.51. The molecule has 0 aliphatic carbocycles. The van der Waals surface area contributed by atoms with Gasteiger partial charge in [-0.05, 0) is 49.6 Å². The van der Waals surface area contributed by atoms with Crippen LogP contribution < -0.4 is 10.6 Å². The normalized spacial score (nSPS) is 21.2. The van der Waals surface area contributed by atoms with E-state index in [4.69, 9.17) is 4.74 Å². The fraction of sp³-hybridized carbons (Fsp3) is 0.318. The van der Waals surface area contributed by atoms with E-state index in [1.807, 2.05) is 23.1 Å². The molecule has 2 aliphatic rings. The number of hydrogen-bond acceptors (Lipinski definition) is 5. The average Bonchev–Trinajstić information content (AvgIpc) is 3.13. The molecule has 2 aromatic carbocycles. The highest BCUT2D eigenvalue weighted by molar-refractivity contribution is 6.10. The number of rotatable bonds is 5. The van der Waals surface area contributed by atoms with E-state index in [-0.39, 0.29) is 36.3 Å². The van der Waals surface area contributed by atoms with Gasteiger partial charge in [-0.1, -0.05) is 30.3 Å². The molecule has 4 rings (SSSR count). The second-order valence-corrected chi connectivity index (χ2v) is 7.33. The molecule has 2 amide bonds. The molecule has 7 nitrogen and oxygen atoms in total. The first kappa shape index (κ1) is 19.1. The Bertz CT molecular complexity index is 915. The van der Waals surface area contributed by atoms with Crippen molar-refractivity contribution in [1.29, 1.82) is 0 Å². The zero-order chi connectivity index (χ0) is 20.2. The van der Waals surface area contributed by atoms with E-state index in [1.54, 1.807) is 36.4 Å². The van der Waals surface area contributed by atoms with Gasteiger partial charge in [0.15, 0.2) is 0 Å². The number of cyclic esters (lactones) is 1. The number of esters is 1. The van der Waals surface area contributed by atoms with Gasteiger partial charge in [0.1, 0.15) is 6.04 Å². The molecule has 7 heteroatoms. The SMILES string of the molecule is O=C(CN1CC[C@H]2CCOC(=O)[C@@H]21)Nc1ccccc1C(=O)Nc1ccccc1. The van der Waals surface area contributed by atoms with Crippen LogP contribution in [0.2, 0.25) is 0 Å². The summed E-state index contributed by atoms with van der Waals surface area (Å²) in [5.41, 5.74) is 1.49. The summed E-state index contributed by atoms with van der Waals surface area (Å²) in [7, 11) is 0. The first-order valence-corrected chi connectivity index (χ1v) is 9.78. The van der Waals surface area contributed by atoms with Crippen molar-refractivity contribution in [3.8, 4) is 0 Å². The van der Waals surface area contributed by atoms with Crippen LogP contribution >= 0.6 is 0 Å². The Morgan fingerprint density at radius 2 is 1.76 bits per heavy atom. The fourth-order valence-corrected chi connectivity index (χ4v) is 4.03. The Hall–Kier alpha value is -3.19. The van der Waals surface area contributed by atoms with Crippen LogP contribution in [0.25, 0.3) is 0 Å². The van der Waals surface area contributed by atoms with E-state index in [2.05, 4.69) is 10.6 Å². The molecule has 150 valence electrons. The summed E-state index contributed by atoms with van der Waals surface area (Å²) < 4.78 is 5.16. The van der Waals surface area contributed by atoms with Gasteiger partial charge in [0.2, 0.25) is 5.91 Å². The molecule has 2 fully saturated rings. The van der Waals surface area contributed by atoms with E-state index >= 15 is 0 Å². The summed E-state index contributed by atoms with van der Waals surface area (Å²) in [6.45, 7) is 1.24. The lowest BCUT2D eigenvalue weighted by molar-refractivity contribution is -0.155. The molecule has 2 heterocycles. The highest BCUT2D eigenvalue weighted by Crippen LogP contribution is 2.31. The lowest BCUT2D eigenvalue weighted by atomic mass is 9.95. The molecule has 2 N–H and O–H groups in total. The summed E-state index contributed by atoms with van der Waals surface area (Å²) in [6, 6.07) is 15.7. The van der Waals surface area contributed by atoms with Crippen molar-refractivity contribution in [2.24, 2.45) is 5.92 Å². The number of anilines is 2. The zero-order valence-electron chi connectivity index (χ0n) is 16.0. The van der Waals surface area contributed by atoms with Gasteiger partial charge >= 0.3 is 5.97 Å². The van der Waals surface area contributed by atoms with Crippen molar-refractivity contribution < 1.29 is 19.1 Å². The van der Waals surface area contributed by atoms with Gasteiger partial charge in [0.25, 0.3) is 5.91 Å². The number of benzene rings is 2. The van der Waals surface area contributed by atoms with Crippen LogP contribution in [0.5, 0.6) is 0 Å². The number of carbonyl (C=O) groups is 3. The Balaban J connectivity index is 1.42.